The summed E-state index contributed by atoms with van der Waals surface area (Å²) < 4.78 is 10.7. The molecule has 1 aromatic heterocycles. The third-order valence-corrected chi connectivity index (χ3v) is 2.14. The van der Waals surface area contributed by atoms with Gasteiger partial charge in [0.2, 0.25) is 5.16 Å². The molecule has 1 aromatic rings. The van der Waals surface area contributed by atoms with E-state index in [-0.39, 0.29) is 0 Å². The van der Waals surface area contributed by atoms with Crippen LogP contribution in [0.2, 0.25) is 0 Å². The zero-order valence-corrected chi connectivity index (χ0v) is 7.41. The highest BCUT2D eigenvalue weighted by Gasteiger charge is 1.98. The van der Waals surface area contributed by atoms with E-state index in [9.17, 15) is 4.21 Å². The summed E-state index contributed by atoms with van der Waals surface area (Å²) in [6.45, 7) is 1.84. The number of hydrogen-bond donors (Lipinski definition) is 0. The lowest BCUT2D eigenvalue weighted by Gasteiger charge is -1.93. The van der Waals surface area contributed by atoms with E-state index in [4.69, 9.17) is 0 Å². The minimum Gasteiger partial charge on any atom is -0.247 e. The van der Waals surface area contributed by atoms with Crippen molar-refractivity contribution in [1.82, 2.24) is 9.97 Å². The summed E-state index contributed by atoms with van der Waals surface area (Å²) in [6, 6.07) is 1.76. The van der Waals surface area contributed by atoms with Crippen molar-refractivity contribution in [2.24, 2.45) is 0 Å². The first kappa shape index (κ1) is 7.76. The zero-order chi connectivity index (χ0) is 7.56. The van der Waals surface area contributed by atoms with Gasteiger partial charge < -0.3 is 0 Å². The first-order chi connectivity index (χ1) is 4.70. The van der Waals surface area contributed by atoms with E-state index in [1.807, 2.05) is 6.92 Å². The van der Waals surface area contributed by atoms with Crippen LogP contribution in [-0.4, -0.2) is 14.2 Å². The van der Waals surface area contributed by atoms with Crippen molar-refractivity contribution in [3.63, 3.8) is 0 Å². The van der Waals surface area contributed by atoms with E-state index < -0.39 is 10.4 Å². The van der Waals surface area contributed by atoms with Crippen molar-refractivity contribution in [1.29, 1.82) is 0 Å². The quantitative estimate of drug-likeness (QED) is 0.464. The molecule has 0 N–H and O–H groups in total. The molecule has 3 nitrogen and oxygen atoms in total. The Morgan fingerprint density at radius 2 is 2.40 bits per heavy atom. The van der Waals surface area contributed by atoms with Crippen molar-refractivity contribution >= 4 is 18.9 Å². The third-order valence-electron chi connectivity index (χ3n) is 0.953. The highest BCUT2D eigenvalue weighted by atomic mass is 32.7. The van der Waals surface area contributed by atoms with Crippen LogP contribution in [0.15, 0.2) is 17.4 Å². The molecular weight excluding hydrogens is 167 g/mol. The standard InChI is InChI=1S/C5H7N2OPS/c1-4-2-3-6-5(7-4)10(8)9/h2-3H,9H2,1H3. The summed E-state index contributed by atoms with van der Waals surface area (Å²) in [5.74, 6) is 0. The second-order valence-electron chi connectivity index (χ2n) is 1.78. The van der Waals surface area contributed by atoms with Gasteiger partial charge in [0.15, 0.2) is 0 Å². The van der Waals surface area contributed by atoms with E-state index in [1.54, 1.807) is 12.3 Å². The number of aromatic nitrogens is 2. The van der Waals surface area contributed by atoms with Crippen LogP contribution in [0.4, 0.5) is 0 Å². The van der Waals surface area contributed by atoms with E-state index >= 15 is 0 Å². The van der Waals surface area contributed by atoms with Crippen molar-refractivity contribution in [3.8, 4) is 0 Å². The van der Waals surface area contributed by atoms with Crippen LogP contribution >= 0.6 is 8.44 Å². The summed E-state index contributed by atoms with van der Waals surface area (Å²) in [6.07, 6.45) is 1.60. The number of rotatable bonds is 1. The molecule has 54 valence electrons. The highest BCUT2D eigenvalue weighted by Crippen LogP contribution is 2.04. The molecule has 1 heterocycles. The second-order valence-corrected chi connectivity index (χ2v) is 4.02. The summed E-state index contributed by atoms with van der Waals surface area (Å²) >= 11 is 0. The molecule has 2 atom stereocenters. The molecule has 0 fully saturated rings. The topological polar surface area (TPSA) is 42.9 Å². The second kappa shape index (κ2) is 3.17. The van der Waals surface area contributed by atoms with Gasteiger partial charge in [-0.15, -0.1) is 0 Å². The lowest BCUT2D eigenvalue weighted by Crippen LogP contribution is -1.92. The van der Waals surface area contributed by atoms with E-state index in [2.05, 4.69) is 18.4 Å². The normalized spacial score (nSPS) is 13.0. The molecule has 0 aliphatic carbocycles. The minimum atomic E-state index is -1.14. The Bertz CT molecular complexity index is 266. The third kappa shape index (κ3) is 1.82. The van der Waals surface area contributed by atoms with Crippen LogP contribution in [0, 0.1) is 6.92 Å². The van der Waals surface area contributed by atoms with Crippen LogP contribution in [0.3, 0.4) is 0 Å². The van der Waals surface area contributed by atoms with Gasteiger partial charge in [0.05, 0.1) is 0 Å². The zero-order valence-electron chi connectivity index (χ0n) is 5.44. The lowest BCUT2D eigenvalue weighted by molar-refractivity contribution is 0.684. The van der Waals surface area contributed by atoms with Crippen LogP contribution < -0.4 is 0 Å². The number of hydrogen-bond acceptors (Lipinski definition) is 3. The van der Waals surface area contributed by atoms with Crippen molar-refractivity contribution in [2.45, 2.75) is 12.1 Å². The van der Waals surface area contributed by atoms with Gasteiger partial charge in [-0.1, -0.05) is 0 Å². The highest BCUT2D eigenvalue weighted by molar-refractivity contribution is 8.33. The SMILES string of the molecule is Cc1ccnc(S(=O)P)n1. The Kier molecular flexibility index (Phi) is 2.46. The Labute approximate surface area is 63.7 Å². The maximum atomic E-state index is 10.7. The van der Waals surface area contributed by atoms with Gasteiger partial charge in [-0.2, -0.15) is 0 Å². The monoisotopic (exact) mass is 174 g/mol. The van der Waals surface area contributed by atoms with Gasteiger partial charge in [0, 0.05) is 11.9 Å². The van der Waals surface area contributed by atoms with E-state index in [1.165, 1.54) is 0 Å². The number of aryl methyl sites for hydroxylation is 1. The minimum absolute atomic E-state index is 0.366. The predicted molar refractivity (Wildman–Crippen MR) is 42.9 cm³/mol. The molecule has 0 bridgehead atoms. The van der Waals surface area contributed by atoms with Crippen LogP contribution in [0.5, 0.6) is 0 Å². The summed E-state index contributed by atoms with van der Waals surface area (Å²) in [5.41, 5.74) is 0.834. The fourth-order valence-electron chi connectivity index (χ4n) is 0.523. The molecule has 0 aliphatic rings. The van der Waals surface area contributed by atoms with Gasteiger partial charge in [-0.3, -0.25) is 0 Å². The van der Waals surface area contributed by atoms with Crippen LogP contribution in [0.25, 0.3) is 0 Å². The van der Waals surface area contributed by atoms with Gasteiger partial charge in [-0.05, 0) is 21.4 Å². The van der Waals surface area contributed by atoms with Gasteiger partial charge in [0.25, 0.3) is 0 Å². The fourth-order valence-corrected chi connectivity index (χ4v) is 1.26. The maximum Gasteiger partial charge on any atom is 0.222 e. The Hall–Kier alpha value is -0.340. The average Bonchev–Trinajstić information content (AvgIpc) is 1.88. The maximum absolute atomic E-state index is 10.7. The molecular formula is C5H7N2OPS. The summed E-state index contributed by atoms with van der Waals surface area (Å²) in [7, 11) is 0.997. The van der Waals surface area contributed by atoms with Gasteiger partial charge >= 0.3 is 0 Å². The van der Waals surface area contributed by atoms with Gasteiger partial charge in [-0.25, -0.2) is 14.2 Å². The molecule has 0 aliphatic heterocycles. The molecule has 0 spiro atoms. The molecule has 0 amide bonds. The molecule has 5 heteroatoms. The Morgan fingerprint density at radius 3 is 2.80 bits per heavy atom. The van der Waals surface area contributed by atoms with E-state index in [0.717, 1.165) is 5.69 Å². The number of nitrogens with zero attached hydrogens (tertiary/aromatic N) is 2. The summed E-state index contributed by atoms with van der Waals surface area (Å²) in [5, 5.41) is 0.366. The Morgan fingerprint density at radius 1 is 1.70 bits per heavy atom. The smallest absolute Gasteiger partial charge is 0.222 e. The summed E-state index contributed by atoms with van der Waals surface area (Å²) in [4.78, 5) is 7.75. The van der Waals surface area contributed by atoms with E-state index in [0.29, 0.717) is 5.16 Å². The van der Waals surface area contributed by atoms with Crippen LogP contribution in [-0.2, 0) is 10.4 Å². The Balaban J connectivity index is 3.07. The van der Waals surface area contributed by atoms with Crippen molar-refractivity contribution in [3.05, 3.63) is 18.0 Å². The molecule has 10 heavy (non-hydrogen) atoms. The predicted octanol–water partition coefficient (Wildman–Crippen LogP) is 0.683. The molecule has 0 aromatic carbocycles. The first-order valence-electron chi connectivity index (χ1n) is 2.66. The average molecular weight is 174 g/mol. The van der Waals surface area contributed by atoms with Crippen LogP contribution in [0.1, 0.15) is 5.69 Å². The van der Waals surface area contributed by atoms with Gasteiger partial charge in [0.1, 0.15) is 10.4 Å². The molecule has 2 unspecified atom stereocenters. The van der Waals surface area contributed by atoms with Crippen molar-refractivity contribution < 1.29 is 4.21 Å². The van der Waals surface area contributed by atoms with Crippen molar-refractivity contribution in [2.75, 3.05) is 0 Å². The fraction of sp³-hybridized carbons (Fsp3) is 0.200. The molecule has 0 saturated heterocycles. The first-order valence-corrected chi connectivity index (χ1v) is 5.28. The largest absolute Gasteiger partial charge is 0.247 e. The molecule has 0 radical (unpaired) electrons. The lowest BCUT2D eigenvalue weighted by atomic mass is 10.5. The molecule has 1 rings (SSSR count). The molecule has 0 saturated carbocycles.